The van der Waals surface area contributed by atoms with Crippen molar-refractivity contribution >= 4 is 22.4 Å². The molecule has 1 heterocycles. The Hall–Kier alpha value is -1.93. The molecule has 0 bridgehead atoms. The van der Waals surface area contributed by atoms with E-state index in [1.807, 2.05) is 18.2 Å². The normalized spacial score (nSPS) is 10.9. The van der Waals surface area contributed by atoms with Gasteiger partial charge in [-0.25, -0.2) is 9.97 Å². The zero-order chi connectivity index (χ0) is 13.9. The summed E-state index contributed by atoms with van der Waals surface area (Å²) in [4.78, 5) is 8.87. The predicted molar refractivity (Wildman–Crippen MR) is 84.0 cm³/mol. The first-order valence-corrected chi connectivity index (χ1v) is 7.16. The number of rotatable bonds is 3. The summed E-state index contributed by atoms with van der Waals surface area (Å²) >= 11 is 6.10. The van der Waals surface area contributed by atoms with Crippen LogP contribution in [0.3, 0.4) is 0 Å². The van der Waals surface area contributed by atoms with E-state index in [0.29, 0.717) is 5.15 Å². The van der Waals surface area contributed by atoms with Gasteiger partial charge in [0.2, 0.25) is 0 Å². The second-order valence-corrected chi connectivity index (χ2v) is 5.19. The SMILES string of the molecule is CCCc1nc(Cl)cc(-c2ccc3ccccc3c2)n1. The highest BCUT2D eigenvalue weighted by Gasteiger charge is 2.06. The molecule has 20 heavy (non-hydrogen) atoms. The van der Waals surface area contributed by atoms with E-state index in [9.17, 15) is 0 Å². The van der Waals surface area contributed by atoms with E-state index in [1.54, 1.807) is 0 Å². The first kappa shape index (κ1) is 13.1. The second kappa shape index (κ2) is 5.59. The minimum absolute atomic E-state index is 0.506. The van der Waals surface area contributed by atoms with Crippen LogP contribution in [0, 0.1) is 0 Å². The third-order valence-corrected chi connectivity index (χ3v) is 3.45. The Kier molecular flexibility index (Phi) is 3.66. The van der Waals surface area contributed by atoms with E-state index in [-0.39, 0.29) is 0 Å². The molecule has 0 radical (unpaired) electrons. The van der Waals surface area contributed by atoms with Crippen molar-refractivity contribution in [1.29, 1.82) is 0 Å². The molecule has 0 amide bonds. The molecule has 0 aliphatic heterocycles. The van der Waals surface area contributed by atoms with Gasteiger partial charge in [-0.2, -0.15) is 0 Å². The largest absolute Gasteiger partial charge is 0.233 e. The van der Waals surface area contributed by atoms with Gasteiger partial charge < -0.3 is 0 Å². The van der Waals surface area contributed by atoms with Crippen LogP contribution in [-0.2, 0) is 6.42 Å². The van der Waals surface area contributed by atoms with Crippen LogP contribution < -0.4 is 0 Å². The van der Waals surface area contributed by atoms with E-state index in [1.165, 1.54) is 10.8 Å². The van der Waals surface area contributed by atoms with Gasteiger partial charge >= 0.3 is 0 Å². The van der Waals surface area contributed by atoms with E-state index in [0.717, 1.165) is 29.9 Å². The van der Waals surface area contributed by atoms with Crippen LogP contribution in [0.4, 0.5) is 0 Å². The molecule has 0 unspecified atom stereocenters. The average molecular weight is 283 g/mol. The molecule has 2 aromatic carbocycles. The standard InChI is InChI=1S/C17H15ClN2/c1-2-5-17-19-15(11-16(18)20-17)14-9-8-12-6-3-4-7-13(12)10-14/h3-4,6-11H,2,5H2,1H3. The molecule has 3 heteroatoms. The summed E-state index contributed by atoms with van der Waals surface area (Å²) in [5.41, 5.74) is 1.96. The Labute approximate surface area is 123 Å². The van der Waals surface area contributed by atoms with Crippen LogP contribution in [0.1, 0.15) is 19.2 Å². The molecule has 0 saturated carbocycles. The van der Waals surface area contributed by atoms with Gasteiger partial charge in [-0.3, -0.25) is 0 Å². The number of fused-ring (bicyclic) bond motifs is 1. The summed E-state index contributed by atoms with van der Waals surface area (Å²) in [6.45, 7) is 2.11. The lowest BCUT2D eigenvalue weighted by Gasteiger charge is -2.06. The van der Waals surface area contributed by atoms with Crippen molar-refractivity contribution in [3.05, 3.63) is 59.5 Å². The lowest BCUT2D eigenvalue weighted by atomic mass is 10.0. The molecule has 0 atom stereocenters. The Morgan fingerprint density at radius 2 is 1.75 bits per heavy atom. The van der Waals surface area contributed by atoms with Crippen molar-refractivity contribution in [1.82, 2.24) is 9.97 Å². The van der Waals surface area contributed by atoms with Crippen molar-refractivity contribution in [2.75, 3.05) is 0 Å². The molecule has 0 aliphatic carbocycles. The van der Waals surface area contributed by atoms with Gasteiger partial charge in [0, 0.05) is 18.1 Å². The Balaban J connectivity index is 2.10. The lowest BCUT2D eigenvalue weighted by Crippen LogP contribution is -1.97. The topological polar surface area (TPSA) is 25.8 Å². The first-order valence-electron chi connectivity index (χ1n) is 6.79. The number of hydrogen-bond donors (Lipinski definition) is 0. The summed E-state index contributed by atoms with van der Waals surface area (Å²) in [6, 6.07) is 16.5. The van der Waals surface area contributed by atoms with Crippen molar-refractivity contribution in [3.8, 4) is 11.3 Å². The predicted octanol–water partition coefficient (Wildman–Crippen LogP) is 4.90. The van der Waals surface area contributed by atoms with Crippen LogP contribution in [0.15, 0.2) is 48.5 Å². The van der Waals surface area contributed by atoms with E-state index in [4.69, 9.17) is 11.6 Å². The molecule has 0 saturated heterocycles. The number of hydrogen-bond acceptors (Lipinski definition) is 2. The van der Waals surface area contributed by atoms with E-state index >= 15 is 0 Å². The zero-order valence-corrected chi connectivity index (χ0v) is 12.1. The summed E-state index contributed by atoms with van der Waals surface area (Å²) in [5.74, 6) is 0.808. The van der Waals surface area contributed by atoms with Crippen LogP contribution in [-0.4, -0.2) is 9.97 Å². The molecular formula is C17H15ClN2. The third-order valence-electron chi connectivity index (χ3n) is 3.26. The maximum atomic E-state index is 6.10. The van der Waals surface area contributed by atoms with Crippen LogP contribution >= 0.6 is 11.6 Å². The molecule has 0 N–H and O–H groups in total. The summed E-state index contributed by atoms with van der Waals surface area (Å²) in [5, 5.41) is 2.94. The molecule has 0 aliphatic rings. The van der Waals surface area contributed by atoms with Gasteiger partial charge in [-0.1, -0.05) is 54.9 Å². The quantitative estimate of drug-likeness (QED) is 0.638. The van der Waals surface area contributed by atoms with Gasteiger partial charge in [0.1, 0.15) is 11.0 Å². The minimum Gasteiger partial charge on any atom is -0.233 e. The number of halogens is 1. The third kappa shape index (κ3) is 2.66. The highest BCUT2D eigenvalue weighted by atomic mass is 35.5. The van der Waals surface area contributed by atoms with Crippen LogP contribution in [0.5, 0.6) is 0 Å². The molecule has 3 rings (SSSR count). The van der Waals surface area contributed by atoms with Crippen LogP contribution in [0.25, 0.3) is 22.0 Å². The van der Waals surface area contributed by atoms with Gasteiger partial charge in [0.15, 0.2) is 0 Å². The maximum absolute atomic E-state index is 6.10. The number of aryl methyl sites for hydroxylation is 1. The summed E-state index contributed by atoms with van der Waals surface area (Å²) < 4.78 is 0. The second-order valence-electron chi connectivity index (χ2n) is 4.80. The Morgan fingerprint density at radius 3 is 2.55 bits per heavy atom. The number of nitrogens with zero attached hydrogens (tertiary/aromatic N) is 2. The van der Waals surface area contributed by atoms with Gasteiger partial charge in [-0.15, -0.1) is 0 Å². The fourth-order valence-corrected chi connectivity index (χ4v) is 2.50. The monoisotopic (exact) mass is 282 g/mol. The summed E-state index contributed by atoms with van der Waals surface area (Å²) in [6.07, 6.45) is 1.86. The highest BCUT2D eigenvalue weighted by Crippen LogP contribution is 2.24. The molecule has 0 spiro atoms. The van der Waals surface area contributed by atoms with Crippen molar-refractivity contribution in [2.45, 2.75) is 19.8 Å². The Morgan fingerprint density at radius 1 is 0.950 bits per heavy atom. The fraction of sp³-hybridized carbons (Fsp3) is 0.176. The highest BCUT2D eigenvalue weighted by molar-refractivity contribution is 6.29. The number of aromatic nitrogens is 2. The molecule has 3 aromatic rings. The van der Waals surface area contributed by atoms with Gasteiger partial charge in [-0.05, 0) is 23.3 Å². The number of benzene rings is 2. The van der Waals surface area contributed by atoms with Crippen molar-refractivity contribution in [3.63, 3.8) is 0 Å². The molecule has 1 aromatic heterocycles. The molecular weight excluding hydrogens is 268 g/mol. The minimum atomic E-state index is 0.506. The lowest BCUT2D eigenvalue weighted by molar-refractivity contribution is 0.836. The molecule has 100 valence electrons. The van der Waals surface area contributed by atoms with Gasteiger partial charge in [0.25, 0.3) is 0 Å². The smallest absolute Gasteiger partial charge is 0.133 e. The van der Waals surface area contributed by atoms with E-state index in [2.05, 4.69) is 47.2 Å². The Bertz CT molecular complexity index is 753. The van der Waals surface area contributed by atoms with Gasteiger partial charge in [0.05, 0.1) is 5.69 Å². The maximum Gasteiger partial charge on any atom is 0.133 e. The molecule has 0 fully saturated rings. The fourth-order valence-electron chi connectivity index (χ4n) is 2.30. The average Bonchev–Trinajstić information content (AvgIpc) is 2.46. The zero-order valence-electron chi connectivity index (χ0n) is 11.3. The first-order chi connectivity index (χ1) is 9.76. The van der Waals surface area contributed by atoms with E-state index < -0.39 is 0 Å². The van der Waals surface area contributed by atoms with Crippen molar-refractivity contribution < 1.29 is 0 Å². The summed E-state index contributed by atoms with van der Waals surface area (Å²) in [7, 11) is 0. The van der Waals surface area contributed by atoms with Crippen LogP contribution in [0.2, 0.25) is 5.15 Å². The molecule has 2 nitrogen and oxygen atoms in total. The van der Waals surface area contributed by atoms with Crippen molar-refractivity contribution in [2.24, 2.45) is 0 Å².